The molecule has 7 heteroatoms. The van der Waals surface area contributed by atoms with Crippen LogP contribution in [0.4, 0.5) is 5.69 Å². The molecule has 1 fully saturated rings. The molecule has 1 aromatic rings. The third-order valence-corrected chi connectivity index (χ3v) is 5.60. The van der Waals surface area contributed by atoms with E-state index in [0.717, 1.165) is 12.8 Å². The van der Waals surface area contributed by atoms with Gasteiger partial charge in [0.15, 0.2) is 0 Å². The zero-order chi connectivity index (χ0) is 14.9. The summed E-state index contributed by atoms with van der Waals surface area (Å²) in [5.74, 6) is 0. The Kier molecular flexibility index (Phi) is 4.10. The van der Waals surface area contributed by atoms with Gasteiger partial charge in [0.2, 0.25) is 10.0 Å². The Bertz CT molecular complexity index is 623. The fourth-order valence-electron chi connectivity index (χ4n) is 2.30. The average Bonchev–Trinajstić information content (AvgIpc) is 3.23. The van der Waals surface area contributed by atoms with Crippen molar-refractivity contribution in [2.24, 2.45) is 0 Å². The number of nitro benzene ring substituents is 1. The number of nitrogens with zero attached hydrogens (tertiary/aromatic N) is 2. The Balaban J connectivity index is 2.53. The van der Waals surface area contributed by atoms with Crippen LogP contribution >= 0.6 is 0 Å². The predicted molar refractivity (Wildman–Crippen MR) is 75.1 cm³/mol. The van der Waals surface area contributed by atoms with Gasteiger partial charge in [-0.15, -0.1) is 0 Å². The number of sulfonamides is 1. The van der Waals surface area contributed by atoms with Gasteiger partial charge in [-0.3, -0.25) is 10.1 Å². The molecule has 0 heterocycles. The molecule has 0 saturated heterocycles. The molecule has 0 unspecified atom stereocenters. The van der Waals surface area contributed by atoms with E-state index >= 15 is 0 Å². The number of aryl methyl sites for hydroxylation is 1. The third kappa shape index (κ3) is 2.69. The number of hydrogen-bond acceptors (Lipinski definition) is 4. The van der Waals surface area contributed by atoms with Crippen LogP contribution in [0, 0.1) is 10.1 Å². The summed E-state index contributed by atoms with van der Waals surface area (Å²) in [5.41, 5.74) is 0.433. The zero-order valence-corrected chi connectivity index (χ0v) is 12.4. The van der Waals surface area contributed by atoms with Crippen LogP contribution < -0.4 is 0 Å². The molecule has 2 rings (SSSR count). The maximum Gasteiger partial charge on any atom is 0.270 e. The van der Waals surface area contributed by atoms with E-state index in [0.29, 0.717) is 18.5 Å². The van der Waals surface area contributed by atoms with Gasteiger partial charge < -0.3 is 0 Å². The number of non-ortho nitro benzene ring substituents is 1. The van der Waals surface area contributed by atoms with E-state index in [1.54, 1.807) is 6.92 Å². The molecular weight excluding hydrogens is 280 g/mol. The summed E-state index contributed by atoms with van der Waals surface area (Å²) >= 11 is 0. The molecule has 1 saturated carbocycles. The van der Waals surface area contributed by atoms with Crippen LogP contribution in [0.5, 0.6) is 0 Å². The van der Waals surface area contributed by atoms with E-state index in [-0.39, 0.29) is 16.6 Å². The van der Waals surface area contributed by atoms with Crippen LogP contribution in [0.2, 0.25) is 0 Å². The van der Waals surface area contributed by atoms with Crippen molar-refractivity contribution in [2.45, 2.75) is 44.0 Å². The Morgan fingerprint density at radius 3 is 2.45 bits per heavy atom. The highest BCUT2D eigenvalue weighted by Crippen LogP contribution is 2.34. The maximum absolute atomic E-state index is 12.7. The van der Waals surface area contributed by atoms with Gasteiger partial charge in [0.1, 0.15) is 0 Å². The molecule has 0 spiro atoms. The van der Waals surface area contributed by atoms with E-state index in [1.165, 1.54) is 22.5 Å². The molecule has 0 bridgehead atoms. The van der Waals surface area contributed by atoms with Crippen molar-refractivity contribution in [3.63, 3.8) is 0 Å². The minimum Gasteiger partial charge on any atom is -0.258 e. The van der Waals surface area contributed by atoms with Crippen LogP contribution in [0.25, 0.3) is 0 Å². The van der Waals surface area contributed by atoms with Crippen molar-refractivity contribution < 1.29 is 13.3 Å². The third-order valence-electron chi connectivity index (χ3n) is 3.49. The summed E-state index contributed by atoms with van der Waals surface area (Å²) in [6.45, 7) is 4.02. The lowest BCUT2D eigenvalue weighted by Gasteiger charge is -2.21. The minimum atomic E-state index is -3.66. The molecule has 0 aliphatic heterocycles. The molecule has 6 nitrogen and oxygen atoms in total. The molecule has 1 aliphatic rings. The Morgan fingerprint density at radius 2 is 2.00 bits per heavy atom. The lowest BCUT2D eigenvalue weighted by atomic mass is 10.1. The summed E-state index contributed by atoms with van der Waals surface area (Å²) in [6, 6.07) is 4.12. The number of benzene rings is 1. The molecule has 1 aromatic carbocycles. The van der Waals surface area contributed by atoms with E-state index < -0.39 is 14.9 Å². The van der Waals surface area contributed by atoms with Crippen LogP contribution in [0.3, 0.4) is 0 Å². The Morgan fingerprint density at radius 1 is 1.35 bits per heavy atom. The first kappa shape index (κ1) is 14.9. The van der Waals surface area contributed by atoms with Crippen molar-refractivity contribution in [1.29, 1.82) is 0 Å². The monoisotopic (exact) mass is 298 g/mol. The highest BCUT2D eigenvalue weighted by atomic mass is 32.2. The molecule has 1 aliphatic carbocycles. The fraction of sp³-hybridized carbons (Fsp3) is 0.538. The zero-order valence-electron chi connectivity index (χ0n) is 11.6. The molecule has 0 N–H and O–H groups in total. The molecule has 20 heavy (non-hydrogen) atoms. The second-order valence-corrected chi connectivity index (χ2v) is 6.70. The molecule has 110 valence electrons. The topological polar surface area (TPSA) is 80.5 Å². The van der Waals surface area contributed by atoms with Crippen molar-refractivity contribution >= 4 is 15.7 Å². The van der Waals surface area contributed by atoms with Crippen molar-refractivity contribution in [1.82, 2.24) is 4.31 Å². The maximum atomic E-state index is 12.7. The summed E-state index contributed by atoms with van der Waals surface area (Å²) in [5, 5.41) is 10.9. The molecule has 0 atom stereocenters. The quantitative estimate of drug-likeness (QED) is 0.596. The van der Waals surface area contributed by atoms with Gasteiger partial charge in [0, 0.05) is 24.7 Å². The minimum absolute atomic E-state index is 0.0500. The van der Waals surface area contributed by atoms with Gasteiger partial charge in [0.25, 0.3) is 5.69 Å². The van der Waals surface area contributed by atoms with Gasteiger partial charge in [0.05, 0.1) is 9.82 Å². The summed E-state index contributed by atoms with van der Waals surface area (Å²) < 4.78 is 26.9. The lowest BCUT2D eigenvalue weighted by molar-refractivity contribution is -0.385. The van der Waals surface area contributed by atoms with Gasteiger partial charge in [-0.2, -0.15) is 4.31 Å². The SMILES string of the molecule is CCc1ccc([N+](=O)[O-])cc1S(=O)(=O)N(CC)C1CC1. The first-order valence-corrected chi connectivity index (χ1v) is 8.15. The van der Waals surface area contributed by atoms with Crippen molar-refractivity contribution in [2.75, 3.05) is 6.54 Å². The van der Waals surface area contributed by atoms with Gasteiger partial charge in [-0.25, -0.2) is 8.42 Å². The number of rotatable bonds is 6. The Labute approximate surface area is 118 Å². The van der Waals surface area contributed by atoms with Gasteiger partial charge in [-0.05, 0) is 24.8 Å². The molecule has 0 amide bonds. The standard InChI is InChI=1S/C13H18N2O4S/c1-3-10-5-6-12(15(16)17)9-13(10)20(18,19)14(4-2)11-7-8-11/h5-6,9,11H,3-4,7-8H2,1-2H3. The largest absolute Gasteiger partial charge is 0.270 e. The number of hydrogen-bond donors (Lipinski definition) is 0. The van der Waals surface area contributed by atoms with E-state index in [4.69, 9.17) is 0 Å². The van der Waals surface area contributed by atoms with E-state index in [9.17, 15) is 18.5 Å². The van der Waals surface area contributed by atoms with Crippen molar-refractivity contribution in [3.05, 3.63) is 33.9 Å². The van der Waals surface area contributed by atoms with Crippen LogP contribution in [0.1, 0.15) is 32.3 Å². The molecule has 0 aromatic heterocycles. The smallest absolute Gasteiger partial charge is 0.258 e. The van der Waals surface area contributed by atoms with E-state index in [1.807, 2.05) is 6.92 Å². The van der Waals surface area contributed by atoms with E-state index in [2.05, 4.69) is 0 Å². The summed E-state index contributed by atoms with van der Waals surface area (Å²) in [4.78, 5) is 10.4. The normalized spacial score (nSPS) is 15.6. The molecule has 0 radical (unpaired) electrons. The predicted octanol–water partition coefficient (Wildman–Crippen LogP) is 2.33. The van der Waals surface area contributed by atoms with Crippen LogP contribution in [-0.2, 0) is 16.4 Å². The second-order valence-electron chi connectivity index (χ2n) is 4.84. The first-order valence-electron chi connectivity index (χ1n) is 6.71. The van der Waals surface area contributed by atoms with Crippen LogP contribution in [0.15, 0.2) is 23.1 Å². The van der Waals surface area contributed by atoms with Crippen molar-refractivity contribution in [3.8, 4) is 0 Å². The van der Waals surface area contributed by atoms with Gasteiger partial charge >= 0.3 is 0 Å². The summed E-state index contributed by atoms with van der Waals surface area (Å²) in [7, 11) is -3.66. The first-order chi connectivity index (χ1) is 9.41. The fourth-order valence-corrected chi connectivity index (χ4v) is 4.31. The Hall–Kier alpha value is -1.47. The highest BCUT2D eigenvalue weighted by molar-refractivity contribution is 7.89. The number of nitro groups is 1. The average molecular weight is 298 g/mol. The second kappa shape index (κ2) is 5.49. The summed E-state index contributed by atoms with van der Waals surface area (Å²) in [6.07, 6.45) is 2.25. The van der Waals surface area contributed by atoms with Gasteiger partial charge in [-0.1, -0.05) is 19.9 Å². The van der Waals surface area contributed by atoms with Crippen LogP contribution in [-0.4, -0.2) is 30.2 Å². The molecular formula is C13H18N2O4S. The highest BCUT2D eigenvalue weighted by Gasteiger charge is 2.38. The lowest BCUT2D eigenvalue weighted by Crippen LogP contribution is -2.33.